The number of nitrogens with one attached hydrogen (secondary N) is 1. The van der Waals surface area contributed by atoms with Crippen molar-refractivity contribution in [3.8, 4) is 5.75 Å². The lowest BCUT2D eigenvalue weighted by molar-refractivity contribution is 0.102. The average molecular weight is 487 g/mol. The van der Waals surface area contributed by atoms with Crippen molar-refractivity contribution < 1.29 is 9.53 Å². The predicted octanol–water partition coefficient (Wildman–Crippen LogP) is 4.83. The molecule has 1 N–H and O–H groups in total. The zero-order chi connectivity index (χ0) is 20.9. The number of halogens is 2. The molecule has 0 aliphatic rings. The predicted molar refractivity (Wildman–Crippen MR) is 118 cm³/mol. The summed E-state index contributed by atoms with van der Waals surface area (Å²) in [7, 11) is 0. The zero-order valence-corrected chi connectivity index (χ0v) is 18.0. The summed E-state index contributed by atoms with van der Waals surface area (Å²) in [5, 5.41) is 12.0. The Labute approximate surface area is 186 Å². The first kappa shape index (κ1) is 20.2. The standard InChI is InChI=1S/C21H17BrClN5O2/c22-16-3-7-19(8-4-16)30-14-27-10-9-20(26-27)21(29)25-18-11-24-28(13-18)12-15-1-5-17(23)6-2-15/h1-11,13H,12,14H2,(H,25,29). The van der Waals surface area contributed by atoms with E-state index in [0.29, 0.717) is 28.7 Å². The van der Waals surface area contributed by atoms with Gasteiger partial charge in [0.2, 0.25) is 0 Å². The third-order valence-electron chi connectivity index (χ3n) is 4.20. The minimum atomic E-state index is -0.316. The third kappa shape index (κ3) is 5.28. The van der Waals surface area contributed by atoms with Gasteiger partial charge in [0.25, 0.3) is 5.91 Å². The Morgan fingerprint density at radius 3 is 2.60 bits per heavy atom. The molecule has 4 rings (SSSR count). The molecule has 1 amide bonds. The van der Waals surface area contributed by atoms with Crippen LogP contribution in [0, 0.1) is 0 Å². The number of carbonyl (C=O) groups excluding carboxylic acids is 1. The lowest BCUT2D eigenvalue weighted by atomic mass is 10.2. The van der Waals surface area contributed by atoms with Crippen molar-refractivity contribution in [2.75, 3.05) is 5.32 Å². The molecule has 0 spiro atoms. The molecule has 0 saturated heterocycles. The number of ether oxygens (including phenoxy) is 1. The normalized spacial score (nSPS) is 10.7. The summed E-state index contributed by atoms with van der Waals surface area (Å²) in [6.45, 7) is 0.781. The first-order valence-corrected chi connectivity index (χ1v) is 10.2. The molecular formula is C21H17BrClN5O2. The van der Waals surface area contributed by atoms with Crippen molar-refractivity contribution >= 4 is 39.1 Å². The van der Waals surface area contributed by atoms with Gasteiger partial charge in [-0.05, 0) is 48.0 Å². The van der Waals surface area contributed by atoms with Crippen LogP contribution in [0.3, 0.4) is 0 Å². The number of rotatable bonds is 7. The van der Waals surface area contributed by atoms with Crippen LogP contribution < -0.4 is 10.1 Å². The molecule has 2 aromatic carbocycles. The van der Waals surface area contributed by atoms with Crippen molar-refractivity contribution in [3.63, 3.8) is 0 Å². The maximum absolute atomic E-state index is 12.5. The highest BCUT2D eigenvalue weighted by Crippen LogP contribution is 2.16. The van der Waals surface area contributed by atoms with Crippen molar-refractivity contribution in [2.45, 2.75) is 13.3 Å². The summed E-state index contributed by atoms with van der Waals surface area (Å²) in [4.78, 5) is 12.5. The van der Waals surface area contributed by atoms with E-state index in [4.69, 9.17) is 16.3 Å². The largest absolute Gasteiger partial charge is 0.471 e. The lowest BCUT2D eigenvalue weighted by Crippen LogP contribution is -2.14. The van der Waals surface area contributed by atoms with Gasteiger partial charge in [0.1, 0.15) is 5.75 Å². The Morgan fingerprint density at radius 1 is 1.07 bits per heavy atom. The van der Waals surface area contributed by atoms with Gasteiger partial charge in [-0.1, -0.05) is 39.7 Å². The van der Waals surface area contributed by atoms with Crippen LogP contribution in [0.1, 0.15) is 16.1 Å². The summed E-state index contributed by atoms with van der Waals surface area (Å²) >= 11 is 9.29. The zero-order valence-electron chi connectivity index (χ0n) is 15.7. The number of hydrogen-bond acceptors (Lipinski definition) is 4. The lowest BCUT2D eigenvalue weighted by Gasteiger charge is -2.06. The van der Waals surface area contributed by atoms with Crippen LogP contribution in [-0.4, -0.2) is 25.5 Å². The van der Waals surface area contributed by atoms with Gasteiger partial charge in [-0.2, -0.15) is 10.2 Å². The molecule has 0 saturated carbocycles. The van der Waals surface area contributed by atoms with Gasteiger partial charge in [0.05, 0.1) is 18.4 Å². The van der Waals surface area contributed by atoms with Gasteiger partial charge < -0.3 is 10.1 Å². The smallest absolute Gasteiger partial charge is 0.276 e. The maximum Gasteiger partial charge on any atom is 0.276 e. The van der Waals surface area contributed by atoms with E-state index in [1.165, 1.54) is 0 Å². The van der Waals surface area contributed by atoms with Crippen molar-refractivity contribution in [1.82, 2.24) is 19.6 Å². The molecule has 9 heteroatoms. The summed E-state index contributed by atoms with van der Waals surface area (Å²) in [6.07, 6.45) is 5.05. The van der Waals surface area contributed by atoms with Crippen molar-refractivity contribution in [1.29, 1.82) is 0 Å². The molecule has 2 heterocycles. The molecule has 30 heavy (non-hydrogen) atoms. The molecule has 152 valence electrons. The summed E-state index contributed by atoms with van der Waals surface area (Å²) < 4.78 is 9.92. The first-order chi connectivity index (χ1) is 14.5. The monoisotopic (exact) mass is 485 g/mol. The molecule has 2 aromatic heterocycles. The fraction of sp³-hybridized carbons (Fsp3) is 0.0952. The van der Waals surface area contributed by atoms with Crippen LogP contribution in [0.5, 0.6) is 5.75 Å². The van der Waals surface area contributed by atoms with Gasteiger partial charge in [-0.3, -0.25) is 9.48 Å². The molecule has 0 fully saturated rings. The molecule has 7 nitrogen and oxygen atoms in total. The highest BCUT2D eigenvalue weighted by molar-refractivity contribution is 9.10. The summed E-state index contributed by atoms with van der Waals surface area (Å²) in [5.74, 6) is 0.399. The topological polar surface area (TPSA) is 74.0 Å². The molecule has 0 unspecified atom stereocenters. The van der Waals surface area contributed by atoms with Crippen LogP contribution in [0.25, 0.3) is 0 Å². The highest BCUT2D eigenvalue weighted by atomic mass is 79.9. The third-order valence-corrected chi connectivity index (χ3v) is 4.98. The van der Waals surface area contributed by atoms with E-state index in [-0.39, 0.29) is 12.6 Å². The fourth-order valence-corrected chi connectivity index (χ4v) is 3.10. The number of amides is 1. The average Bonchev–Trinajstić information content (AvgIpc) is 3.39. The van der Waals surface area contributed by atoms with Crippen LogP contribution in [0.15, 0.2) is 77.7 Å². The minimum absolute atomic E-state index is 0.202. The van der Waals surface area contributed by atoms with Crippen molar-refractivity contribution in [2.24, 2.45) is 0 Å². The van der Waals surface area contributed by atoms with Crippen LogP contribution in [0.4, 0.5) is 5.69 Å². The second-order valence-corrected chi connectivity index (χ2v) is 7.83. The van der Waals surface area contributed by atoms with Crippen molar-refractivity contribution in [3.05, 3.63) is 93.9 Å². The molecule has 0 bridgehead atoms. The number of anilines is 1. The second kappa shape index (κ2) is 9.15. The van der Waals surface area contributed by atoms with Gasteiger partial charge in [-0.15, -0.1) is 0 Å². The number of carbonyl (C=O) groups is 1. The van der Waals surface area contributed by atoms with Crippen LogP contribution in [-0.2, 0) is 13.3 Å². The van der Waals surface area contributed by atoms with Crippen LogP contribution >= 0.6 is 27.5 Å². The Bertz CT molecular complexity index is 1140. The van der Waals surface area contributed by atoms with E-state index in [2.05, 4.69) is 31.4 Å². The Kier molecular flexibility index (Phi) is 6.15. The SMILES string of the molecule is O=C(Nc1cnn(Cc2ccc(Cl)cc2)c1)c1ccn(COc2ccc(Br)cc2)n1. The molecular weight excluding hydrogens is 470 g/mol. The second-order valence-electron chi connectivity index (χ2n) is 6.47. The minimum Gasteiger partial charge on any atom is -0.471 e. The molecule has 0 aliphatic heterocycles. The Hall–Kier alpha value is -3.10. The number of hydrogen-bond donors (Lipinski definition) is 1. The molecule has 0 aliphatic carbocycles. The quantitative estimate of drug-likeness (QED) is 0.406. The summed E-state index contributed by atoms with van der Waals surface area (Å²) in [6, 6.07) is 16.7. The number of aromatic nitrogens is 4. The number of benzene rings is 2. The first-order valence-electron chi connectivity index (χ1n) is 9.05. The molecule has 0 radical (unpaired) electrons. The van der Waals surface area contributed by atoms with E-state index in [1.54, 1.807) is 34.0 Å². The van der Waals surface area contributed by atoms with Gasteiger partial charge in [-0.25, -0.2) is 4.68 Å². The van der Waals surface area contributed by atoms with Gasteiger partial charge >= 0.3 is 0 Å². The van der Waals surface area contributed by atoms with E-state index in [9.17, 15) is 4.79 Å². The van der Waals surface area contributed by atoms with Gasteiger partial charge in [0.15, 0.2) is 12.4 Å². The molecule has 4 aromatic rings. The highest BCUT2D eigenvalue weighted by Gasteiger charge is 2.11. The Balaban J connectivity index is 1.32. The van der Waals surface area contributed by atoms with Crippen LogP contribution in [0.2, 0.25) is 5.02 Å². The van der Waals surface area contributed by atoms with E-state index in [0.717, 1.165) is 10.0 Å². The van der Waals surface area contributed by atoms with E-state index in [1.807, 2.05) is 48.5 Å². The number of nitrogens with zero attached hydrogens (tertiary/aromatic N) is 4. The Morgan fingerprint density at radius 2 is 1.83 bits per heavy atom. The van der Waals surface area contributed by atoms with E-state index < -0.39 is 0 Å². The van der Waals surface area contributed by atoms with Gasteiger partial charge in [0, 0.05) is 21.9 Å². The molecule has 0 atom stereocenters. The van der Waals surface area contributed by atoms with E-state index >= 15 is 0 Å². The fourth-order valence-electron chi connectivity index (χ4n) is 2.71. The maximum atomic E-state index is 12.5. The summed E-state index contributed by atoms with van der Waals surface area (Å²) in [5.41, 5.74) is 1.94.